The molecule has 0 aliphatic carbocycles. The second-order valence-electron chi connectivity index (χ2n) is 4.12. The van der Waals surface area contributed by atoms with Gasteiger partial charge in [0.25, 0.3) is 0 Å². The zero-order chi connectivity index (χ0) is 11.5. The van der Waals surface area contributed by atoms with E-state index >= 15 is 0 Å². The molecule has 1 aromatic carbocycles. The normalized spacial score (nSPS) is 20.6. The first kappa shape index (κ1) is 11.4. The molecule has 2 rings (SSSR count). The molecule has 1 aliphatic rings. The number of nitrogens with zero attached hydrogens (tertiary/aromatic N) is 2. The molecule has 0 aromatic heterocycles. The van der Waals surface area contributed by atoms with Gasteiger partial charge in [-0.2, -0.15) is 5.26 Å². The maximum absolute atomic E-state index is 9.08. The van der Waals surface area contributed by atoms with Gasteiger partial charge in [0.05, 0.1) is 11.3 Å². The number of anilines is 1. The fourth-order valence-electron chi connectivity index (χ4n) is 2.09. The smallest absolute Gasteiger partial charge is 0.101 e. The van der Waals surface area contributed by atoms with Gasteiger partial charge in [0.1, 0.15) is 6.07 Å². The van der Waals surface area contributed by atoms with E-state index < -0.39 is 0 Å². The molecule has 84 valence electrons. The highest BCUT2D eigenvalue weighted by atomic mass is 79.9. The number of halogens is 1. The summed E-state index contributed by atoms with van der Waals surface area (Å²) in [6.07, 6.45) is 2.17. The molecule has 3 nitrogen and oxygen atoms in total. The summed E-state index contributed by atoms with van der Waals surface area (Å²) in [4.78, 5) is 2.21. The molecular weight excluding hydrogens is 266 g/mol. The van der Waals surface area contributed by atoms with Gasteiger partial charge in [-0.05, 0) is 31.0 Å². The Balaban J connectivity index is 2.31. The van der Waals surface area contributed by atoms with Crippen LogP contribution in [0.1, 0.15) is 18.4 Å². The van der Waals surface area contributed by atoms with Crippen molar-refractivity contribution in [1.82, 2.24) is 0 Å². The summed E-state index contributed by atoms with van der Waals surface area (Å²) < 4.78 is 1.00. The van der Waals surface area contributed by atoms with E-state index in [9.17, 15) is 0 Å². The van der Waals surface area contributed by atoms with Crippen LogP contribution in [0.25, 0.3) is 0 Å². The lowest BCUT2D eigenvalue weighted by atomic mass is 10.0. The van der Waals surface area contributed by atoms with Crippen LogP contribution in [0.15, 0.2) is 22.7 Å². The molecule has 1 saturated heterocycles. The van der Waals surface area contributed by atoms with E-state index in [0.29, 0.717) is 0 Å². The van der Waals surface area contributed by atoms with Gasteiger partial charge in [-0.15, -0.1) is 0 Å². The number of rotatable bonds is 1. The molecule has 1 unspecified atom stereocenters. The van der Waals surface area contributed by atoms with Crippen LogP contribution in [-0.4, -0.2) is 19.1 Å². The second kappa shape index (κ2) is 4.86. The lowest BCUT2D eigenvalue weighted by molar-refractivity contribution is 0.506. The van der Waals surface area contributed by atoms with Crippen molar-refractivity contribution in [1.29, 1.82) is 5.26 Å². The minimum Gasteiger partial charge on any atom is -0.369 e. The predicted octanol–water partition coefficient (Wildman–Crippen LogP) is 2.25. The van der Waals surface area contributed by atoms with Crippen LogP contribution in [0.3, 0.4) is 0 Å². The second-order valence-corrected chi connectivity index (χ2v) is 5.04. The molecule has 0 amide bonds. The van der Waals surface area contributed by atoms with E-state index in [0.717, 1.165) is 41.7 Å². The summed E-state index contributed by atoms with van der Waals surface area (Å²) >= 11 is 3.44. The van der Waals surface area contributed by atoms with Crippen LogP contribution in [0.2, 0.25) is 0 Å². The average Bonchev–Trinajstić information content (AvgIpc) is 2.29. The molecule has 1 atom stereocenters. The molecule has 1 fully saturated rings. The predicted molar refractivity (Wildman–Crippen MR) is 68.3 cm³/mol. The number of nitriles is 1. The first-order valence-corrected chi connectivity index (χ1v) is 6.20. The highest BCUT2D eigenvalue weighted by Gasteiger charge is 2.19. The maximum Gasteiger partial charge on any atom is 0.101 e. The molecule has 0 spiro atoms. The third-order valence-electron chi connectivity index (χ3n) is 2.88. The van der Waals surface area contributed by atoms with Gasteiger partial charge < -0.3 is 10.6 Å². The Bertz CT molecular complexity index is 425. The number of piperidine rings is 1. The topological polar surface area (TPSA) is 53.0 Å². The molecule has 1 aromatic rings. The summed E-state index contributed by atoms with van der Waals surface area (Å²) in [5, 5.41) is 9.08. The van der Waals surface area contributed by atoms with Gasteiger partial charge in [0, 0.05) is 23.6 Å². The molecule has 1 heterocycles. The first-order valence-electron chi connectivity index (χ1n) is 5.41. The summed E-state index contributed by atoms with van der Waals surface area (Å²) in [5.74, 6) is 0. The zero-order valence-corrected chi connectivity index (χ0v) is 10.6. The van der Waals surface area contributed by atoms with Crippen molar-refractivity contribution < 1.29 is 0 Å². The van der Waals surface area contributed by atoms with Crippen LogP contribution >= 0.6 is 15.9 Å². The van der Waals surface area contributed by atoms with Gasteiger partial charge >= 0.3 is 0 Å². The fraction of sp³-hybridized carbons (Fsp3) is 0.417. The van der Waals surface area contributed by atoms with Gasteiger partial charge in [-0.1, -0.05) is 15.9 Å². The van der Waals surface area contributed by atoms with Crippen molar-refractivity contribution in [3.05, 3.63) is 28.2 Å². The average molecular weight is 280 g/mol. The largest absolute Gasteiger partial charge is 0.369 e. The SMILES string of the molecule is N#Cc1ccc(Br)cc1N1CCCC(N)C1. The Labute approximate surface area is 104 Å². The van der Waals surface area contributed by atoms with E-state index in [-0.39, 0.29) is 6.04 Å². The maximum atomic E-state index is 9.08. The third-order valence-corrected chi connectivity index (χ3v) is 3.37. The number of hydrogen-bond donors (Lipinski definition) is 1. The summed E-state index contributed by atoms with van der Waals surface area (Å²) in [5.41, 5.74) is 7.67. The molecule has 0 saturated carbocycles. The molecule has 1 aliphatic heterocycles. The van der Waals surface area contributed by atoms with Crippen molar-refractivity contribution in [2.75, 3.05) is 18.0 Å². The van der Waals surface area contributed by atoms with E-state index in [4.69, 9.17) is 11.0 Å². The Morgan fingerprint density at radius 3 is 3.00 bits per heavy atom. The first-order chi connectivity index (χ1) is 7.70. The van der Waals surface area contributed by atoms with Crippen LogP contribution in [0.4, 0.5) is 5.69 Å². The molecule has 2 N–H and O–H groups in total. The molecule has 4 heteroatoms. The monoisotopic (exact) mass is 279 g/mol. The van der Waals surface area contributed by atoms with E-state index in [1.165, 1.54) is 0 Å². The van der Waals surface area contributed by atoms with Crippen molar-refractivity contribution in [3.63, 3.8) is 0 Å². The summed E-state index contributed by atoms with van der Waals surface area (Å²) in [6, 6.07) is 8.19. The van der Waals surface area contributed by atoms with E-state index in [1.807, 2.05) is 18.2 Å². The lowest BCUT2D eigenvalue weighted by Crippen LogP contribution is -2.43. The van der Waals surface area contributed by atoms with Gasteiger partial charge in [0.15, 0.2) is 0 Å². The van der Waals surface area contributed by atoms with E-state index in [2.05, 4.69) is 26.9 Å². The minimum atomic E-state index is 0.222. The van der Waals surface area contributed by atoms with Crippen molar-refractivity contribution in [3.8, 4) is 6.07 Å². The lowest BCUT2D eigenvalue weighted by Gasteiger charge is -2.33. The van der Waals surface area contributed by atoms with Gasteiger partial charge in [-0.25, -0.2) is 0 Å². The molecular formula is C12H14BrN3. The summed E-state index contributed by atoms with van der Waals surface area (Å²) in [6.45, 7) is 1.82. The van der Waals surface area contributed by atoms with Crippen LogP contribution < -0.4 is 10.6 Å². The minimum absolute atomic E-state index is 0.222. The number of benzene rings is 1. The van der Waals surface area contributed by atoms with E-state index in [1.54, 1.807) is 0 Å². The van der Waals surface area contributed by atoms with Crippen LogP contribution in [-0.2, 0) is 0 Å². The van der Waals surface area contributed by atoms with Crippen LogP contribution in [0, 0.1) is 11.3 Å². The van der Waals surface area contributed by atoms with Gasteiger partial charge in [-0.3, -0.25) is 0 Å². The highest BCUT2D eigenvalue weighted by molar-refractivity contribution is 9.10. The zero-order valence-electron chi connectivity index (χ0n) is 8.99. The number of nitrogens with two attached hydrogens (primary N) is 1. The Hall–Kier alpha value is -1.05. The summed E-state index contributed by atoms with van der Waals surface area (Å²) in [7, 11) is 0. The molecule has 0 bridgehead atoms. The Morgan fingerprint density at radius 2 is 2.31 bits per heavy atom. The van der Waals surface area contributed by atoms with Crippen molar-refractivity contribution in [2.45, 2.75) is 18.9 Å². The third kappa shape index (κ3) is 2.37. The standard InChI is InChI=1S/C12H14BrN3/c13-10-4-3-9(7-14)12(6-10)16-5-1-2-11(15)8-16/h3-4,6,11H,1-2,5,8,15H2. The molecule has 0 radical (unpaired) electrons. The number of hydrogen-bond acceptors (Lipinski definition) is 3. The quantitative estimate of drug-likeness (QED) is 0.858. The Morgan fingerprint density at radius 1 is 1.50 bits per heavy atom. The van der Waals surface area contributed by atoms with Crippen molar-refractivity contribution >= 4 is 21.6 Å². The highest BCUT2D eigenvalue weighted by Crippen LogP contribution is 2.26. The van der Waals surface area contributed by atoms with Crippen LogP contribution in [0.5, 0.6) is 0 Å². The van der Waals surface area contributed by atoms with Crippen molar-refractivity contribution in [2.24, 2.45) is 5.73 Å². The molecule has 16 heavy (non-hydrogen) atoms. The van der Waals surface area contributed by atoms with Gasteiger partial charge in [0.2, 0.25) is 0 Å². The Kier molecular flexibility index (Phi) is 3.47. The fourth-order valence-corrected chi connectivity index (χ4v) is 2.44.